The first-order valence-electron chi connectivity index (χ1n) is 23.1. The van der Waals surface area contributed by atoms with Gasteiger partial charge in [0.05, 0.1) is 42.7 Å². The molecule has 0 atom stereocenters. The summed E-state index contributed by atoms with van der Waals surface area (Å²) in [6.45, 7) is 12.1. The van der Waals surface area contributed by atoms with Crippen LogP contribution in [0.5, 0.6) is 23.0 Å². The number of benzene rings is 4. The van der Waals surface area contributed by atoms with Crippen LogP contribution in [0.1, 0.15) is 137 Å². The third kappa shape index (κ3) is 14.9. The molecule has 0 aromatic heterocycles. The number of hydrogen-bond acceptors (Lipinski definition) is 12. The highest BCUT2D eigenvalue weighted by Crippen LogP contribution is 2.44. The number of anilines is 2. The van der Waals surface area contributed by atoms with Crippen molar-refractivity contribution in [2.45, 2.75) is 147 Å². The van der Waals surface area contributed by atoms with Crippen molar-refractivity contribution >= 4 is 63.6 Å². The summed E-state index contributed by atoms with van der Waals surface area (Å²) in [6, 6.07) is 12.3. The average molecular weight is 974 g/mol. The fourth-order valence-corrected chi connectivity index (χ4v) is 11.2. The lowest BCUT2D eigenvalue weighted by Gasteiger charge is -2.24. The molecule has 0 aliphatic rings. The van der Waals surface area contributed by atoms with Crippen LogP contribution in [0.3, 0.4) is 0 Å². The smallest absolute Gasteiger partial charge is 0.265 e. The molecule has 4 aromatic carbocycles. The Labute approximate surface area is 393 Å². The average Bonchev–Trinajstić information content (AvgIpc) is 3.25. The minimum Gasteiger partial charge on any atom is -0.506 e. The van der Waals surface area contributed by atoms with E-state index in [1.54, 1.807) is 13.8 Å². The number of nitrogens with zero attached hydrogens (tertiary/aromatic N) is 3. The molecule has 0 aliphatic heterocycles. The summed E-state index contributed by atoms with van der Waals surface area (Å²) in [6.07, 6.45) is 18.2. The number of phenolic OH excluding ortho intramolecular Hbond substituents is 2. The Bertz CT molecular complexity index is 2610. The summed E-state index contributed by atoms with van der Waals surface area (Å²) < 4.78 is 98.2. The molecule has 18 heteroatoms. The van der Waals surface area contributed by atoms with Gasteiger partial charge in [0.2, 0.25) is 20.0 Å². The van der Waals surface area contributed by atoms with Crippen molar-refractivity contribution in [1.29, 1.82) is 0 Å². The van der Waals surface area contributed by atoms with Crippen molar-refractivity contribution in [1.82, 2.24) is 4.31 Å². The van der Waals surface area contributed by atoms with Gasteiger partial charge >= 0.3 is 0 Å². The Morgan fingerprint density at radius 2 is 1.26 bits per heavy atom. The van der Waals surface area contributed by atoms with Crippen LogP contribution in [-0.4, -0.2) is 72.8 Å². The number of nitrogens with one attached hydrogen (secondary N) is 2. The van der Waals surface area contributed by atoms with Crippen molar-refractivity contribution in [3.8, 4) is 23.0 Å². The van der Waals surface area contributed by atoms with E-state index in [0.29, 0.717) is 17.9 Å². The maximum Gasteiger partial charge on any atom is 0.265 e. The lowest BCUT2D eigenvalue weighted by Crippen LogP contribution is -2.30. The van der Waals surface area contributed by atoms with Gasteiger partial charge in [0.1, 0.15) is 32.8 Å². The van der Waals surface area contributed by atoms with Gasteiger partial charge in [0.25, 0.3) is 10.0 Å². The molecule has 366 valence electrons. The first-order chi connectivity index (χ1) is 31.2. The summed E-state index contributed by atoms with van der Waals surface area (Å²) in [5.74, 6) is -0.534. The van der Waals surface area contributed by atoms with Crippen LogP contribution in [0.15, 0.2) is 74.6 Å². The molecule has 0 spiro atoms. The van der Waals surface area contributed by atoms with Crippen molar-refractivity contribution in [3.05, 3.63) is 60.2 Å². The van der Waals surface area contributed by atoms with Gasteiger partial charge in [-0.05, 0) is 48.2 Å². The van der Waals surface area contributed by atoms with E-state index in [2.05, 4.69) is 26.6 Å². The number of azo groups is 1. The zero-order chi connectivity index (χ0) is 48.7. The Kier molecular flexibility index (Phi) is 19.9. The molecule has 4 N–H and O–H groups in total. The second kappa shape index (κ2) is 24.4. The van der Waals surface area contributed by atoms with E-state index in [-0.39, 0.29) is 63.0 Å². The molecule has 4 rings (SSSR count). The maximum atomic E-state index is 14.1. The summed E-state index contributed by atoms with van der Waals surface area (Å²) >= 11 is 0. The van der Waals surface area contributed by atoms with Gasteiger partial charge in [-0.1, -0.05) is 137 Å². The van der Waals surface area contributed by atoms with Crippen LogP contribution in [0.2, 0.25) is 0 Å². The number of methoxy groups -OCH3 is 1. The lowest BCUT2D eigenvalue weighted by atomic mass is 9.86. The third-order valence-corrected chi connectivity index (χ3v) is 15.4. The highest BCUT2D eigenvalue weighted by Gasteiger charge is 2.30. The minimum absolute atomic E-state index is 0.00606. The number of aromatic hydroxyl groups is 2. The zero-order valence-corrected chi connectivity index (χ0v) is 42.4. The van der Waals surface area contributed by atoms with Gasteiger partial charge in [0, 0.05) is 35.5 Å². The molecule has 0 unspecified atom stereocenters. The fourth-order valence-electron chi connectivity index (χ4n) is 7.77. The molecule has 0 saturated carbocycles. The predicted octanol–water partition coefficient (Wildman–Crippen LogP) is 12.0. The summed E-state index contributed by atoms with van der Waals surface area (Å²) in [5.41, 5.74) is -0.00102. The van der Waals surface area contributed by atoms with Gasteiger partial charge in [-0.2, -0.15) is 9.42 Å². The van der Waals surface area contributed by atoms with Crippen LogP contribution in [0.25, 0.3) is 10.8 Å². The molecule has 15 nitrogen and oxygen atoms in total. The van der Waals surface area contributed by atoms with E-state index in [9.17, 15) is 35.5 Å². The lowest BCUT2D eigenvalue weighted by molar-refractivity contribution is 0.296. The molecular formula is C48H71N5O10S3. The largest absolute Gasteiger partial charge is 0.506 e. The van der Waals surface area contributed by atoms with E-state index in [1.165, 1.54) is 126 Å². The Hall–Kier alpha value is -4.65. The number of fused-ring (bicyclic) bond motifs is 1. The summed E-state index contributed by atoms with van der Waals surface area (Å²) in [5, 5.41) is 31.1. The number of phenols is 2. The predicted molar refractivity (Wildman–Crippen MR) is 265 cm³/mol. The van der Waals surface area contributed by atoms with E-state index in [4.69, 9.17) is 9.47 Å². The Balaban J connectivity index is 1.58. The van der Waals surface area contributed by atoms with E-state index in [1.807, 2.05) is 20.8 Å². The molecule has 66 heavy (non-hydrogen) atoms. The highest BCUT2D eigenvalue weighted by atomic mass is 32.2. The van der Waals surface area contributed by atoms with Gasteiger partial charge < -0.3 is 19.7 Å². The molecule has 0 saturated heterocycles. The normalized spacial score (nSPS) is 12.6. The molecule has 0 amide bonds. The molecule has 0 bridgehead atoms. The maximum absolute atomic E-state index is 14.1. The summed E-state index contributed by atoms with van der Waals surface area (Å²) in [7, 11) is -11.3. The second-order valence-electron chi connectivity index (χ2n) is 17.6. The molecule has 0 aliphatic carbocycles. The third-order valence-electron chi connectivity index (χ3n) is 11.3. The highest BCUT2D eigenvalue weighted by molar-refractivity contribution is 7.93. The van der Waals surface area contributed by atoms with Crippen molar-refractivity contribution in [3.63, 3.8) is 0 Å². The van der Waals surface area contributed by atoms with Crippen LogP contribution in [0.4, 0.5) is 22.7 Å². The quantitative estimate of drug-likeness (QED) is 0.0240. The zero-order valence-electron chi connectivity index (χ0n) is 39.9. The van der Waals surface area contributed by atoms with Gasteiger partial charge in [0.15, 0.2) is 0 Å². The molecule has 4 aromatic rings. The molecule has 0 radical (unpaired) electrons. The topological polar surface area (TPSA) is 213 Å². The molecule has 0 fully saturated rings. The number of sulfonamides is 3. The summed E-state index contributed by atoms with van der Waals surface area (Å²) in [4.78, 5) is -0.836. The monoisotopic (exact) mass is 973 g/mol. The Morgan fingerprint density at radius 3 is 1.80 bits per heavy atom. The standard InChI is InChI=1S/C48H71N5O10S3/c1-9-12-13-14-15-16-17-18-19-20-21-22-23-24-30-63-43-33-39(41(54)32-37(43)48(4,5)6)52-65(58,59)44-31-35(28-29-42(44)62-7)49-50-40-34-45(66(60,61)53(10-2)11-3)47(55)36-26-25-27-38(46(36)40)51-64(8,56)57/h25-29,31-34,51-52,54-55H,9-24,30H2,1-8H3. The van der Waals surface area contributed by atoms with E-state index >= 15 is 0 Å². The second-order valence-corrected chi connectivity index (χ2v) is 22.9. The van der Waals surface area contributed by atoms with Crippen LogP contribution in [-0.2, 0) is 35.5 Å². The number of ether oxygens (including phenoxy) is 2. The first kappa shape index (κ1) is 54.0. The fraction of sp³-hybridized carbons (Fsp3) is 0.542. The van der Waals surface area contributed by atoms with Crippen LogP contribution >= 0.6 is 0 Å². The number of unbranched alkanes of at least 4 members (excludes halogenated alkanes) is 13. The number of rotatable bonds is 28. The number of hydrogen-bond donors (Lipinski definition) is 4. The molecular weight excluding hydrogens is 903 g/mol. The minimum atomic E-state index is -4.50. The van der Waals surface area contributed by atoms with Gasteiger partial charge in [-0.3, -0.25) is 9.44 Å². The van der Waals surface area contributed by atoms with Crippen molar-refractivity contribution in [2.75, 3.05) is 42.5 Å². The van der Waals surface area contributed by atoms with Crippen molar-refractivity contribution in [2.24, 2.45) is 10.2 Å². The van der Waals surface area contributed by atoms with E-state index < -0.39 is 46.1 Å². The van der Waals surface area contributed by atoms with Gasteiger partial charge in [-0.15, -0.1) is 5.11 Å². The van der Waals surface area contributed by atoms with Crippen molar-refractivity contribution < 1.29 is 44.9 Å². The van der Waals surface area contributed by atoms with Crippen LogP contribution in [0, 0.1) is 0 Å². The Morgan fingerprint density at radius 1 is 0.667 bits per heavy atom. The van der Waals surface area contributed by atoms with E-state index in [0.717, 1.165) is 35.9 Å². The first-order valence-corrected chi connectivity index (χ1v) is 27.9. The molecule has 0 heterocycles. The van der Waals surface area contributed by atoms with Gasteiger partial charge in [-0.25, -0.2) is 25.3 Å². The van der Waals surface area contributed by atoms with Crippen LogP contribution < -0.4 is 18.9 Å². The SMILES string of the molecule is CCCCCCCCCCCCCCCCOc1cc(NS(=O)(=O)c2cc(N=Nc3cc(S(=O)(=O)N(CC)CC)c(O)c4cccc(NS(C)(=O)=O)c34)ccc2OC)c(O)cc1C(C)(C)C.